The molecule has 0 aliphatic heterocycles. The third-order valence-corrected chi connectivity index (χ3v) is 3.26. The summed E-state index contributed by atoms with van der Waals surface area (Å²) in [4.78, 5) is 22.9. The molecule has 1 amide bonds. The van der Waals surface area contributed by atoms with Crippen molar-refractivity contribution in [2.75, 3.05) is 0 Å². The highest BCUT2D eigenvalue weighted by Gasteiger charge is 2.38. The maximum Gasteiger partial charge on any atom is 0.217 e. The van der Waals surface area contributed by atoms with E-state index in [4.69, 9.17) is 0 Å². The van der Waals surface area contributed by atoms with E-state index in [0.717, 1.165) is 12.8 Å². The van der Waals surface area contributed by atoms with Gasteiger partial charge in [-0.3, -0.25) is 9.59 Å². The molecule has 0 saturated heterocycles. The molecule has 3 heteroatoms. The maximum absolute atomic E-state index is 11.9. The van der Waals surface area contributed by atoms with Crippen molar-refractivity contribution in [1.29, 1.82) is 0 Å². The summed E-state index contributed by atoms with van der Waals surface area (Å²) in [6.45, 7) is 7.48. The molecule has 0 spiro atoms. The van der Waals surface area contributed by atoms with Gasteiger partial charge in [0.2, 0.25) is 5.91 Å². The Hall–Kier alpha value is -0.860. The average Bonchev–Trinajstić information content (AvgIpc) is 1.99. The van der Waals surface area contributed by atoms with Gasteiger partial charge in [-0.1, -0.05) is 6.92 Å². The molecule has 1 aliphatic carbocycles. The zero-order valence-corrected chi connectivity index (χ0v) is 10.1. The molecule has 0 radical (unpaired) electrons. The summed E-state index contributed by atoms with van der Waals surface area (Å²) < 4.78 is 0. The average molecular weight is 211 g/mol. The summed E-state index contributed by atoms with van der Waals surface area (Å²) in [6, 6.07) is 0. The molecule has 2 unspecified atom stereocenters. The fourth-order valence-corrected chi connectivity index (χ4v) is 2.50. The van der Waals surface area contributed by atoms with Crippen LogP contribution >= 0.6 is 0 Å². The molecule has 15 heavy (non-hydrogen) atoms. The van der Waals surface area contributed by atoms with Crippen molar-refractivity contribution < 1.29 is 9.59 Å². The van der Waals surface area contributed by atoms with Gasteiger partial charge in [0.15, 0.2) is 0 Å². The second kappa shape index (κ2) is 4.33. The molecule has 2 atom stereocenters. The monoisotopic (exact) mass is 211 g/mol. The van der Waals surface area contributed by atoms with Crippen LogP contribution in [0.2, 0.25) is 0 Å². The Bertz CT molecular complexity index is 271. The molecule has 0 bridgehead atoms. The summed E-state index contributed by atoms with van der Waals surface area (Å²) in [5.74, 6) is 0.721. The van der Waals surface area contributed by atoms with Gasteiger partial charge in [-0.05, 0) is 32.6 Å². The van der Waals surface area contributed by atoms with Crippen molar-refractivity contribution in [3.05, 3.63) is 0 Å². The number of ketones is 1. The molecule has 0 aromatic rings. The van der Waals surface area contributed by atoms with E-state index in [1.165, 1.54) is 6.92 Å². The van der Waals surface area contributed by atoms with Crippen molar-refractivity contribution in [1.82, 2.24) is 5.32 Å². The van der Waals surface area contributed by atoms with Crippen LogP contribution in [0.3, 0.4) is 0 Å². The molecular weight excluding hydrogens is 190 g/mol. The quantitative estimate of drug-likeness (QED) is 0.758. The molecule has 0 heterocycles. The van der Waals surface area contributed by atoms with Crippen LogP contribution in [-0.2, 0) is 9.59 Å². The largest absolute Gasteiger partial charge is 0.351 e. The second-order valence-corrected chi connectivity index (χ2v) is 5.31. The number of rotatable bonds is 2. The van der Waals surface area contributed by atoms with Crippen LogP contribution in [0, 0.1) is 11.8 Å². The van der Waals surface area contributed by atoms with E-state index in [1.807, 2.05) is 13.8 Å². The molecule has 86 valence electrons. The molecule has 3 nitrogen and oxygen atoms in total. The maximum atomic E-state index is 11.9. The van der Waals surface area contributed by atoms with Gasteiger partial charge in [-0.2, -0.15) is 0 Å². The van der Waals surface area contributed by atoms with Gasteiger partial charge < -0.3 is 5.32 Å². The molecule has 0 aromatic heterocycles. The molecule has 0 aromatic carbocycles. The standard InChI is InChI=1S/C12H21NO2/c1-8-5-6-10(11(15)7-8)12(3,4)13-9(2)14/h8,10H,5-7H2,1-4H3,(H,13,14). The lowest BCUT2D eigenvalue weighted by molar-refractivity contribution is -0.130. The number of carbonyl (C=O) groups is 2. The first-order valence-corrected chi connectivity index (χ1v) is 5.64. The third-order valence-electron chi connectivity index (χ3n) is 3.26. The fourth-order valence-electron chi connectivity index (χ4n) is 2.50. The minimum Gasteiger partial charge on any atom is -0.351 e. The van der Waals surface area contributed by atoms with Crippen molar-refractivity contribution in [2.24, 2.45) is 11.8 Å². The zero-order valence-electron chi connectivity index (χ0n) is 10.1. The van der Waals surface area contributed by atoms with E-state index in [-0.39, 0.29) is 11.8 Å². The summed E-state index contributed by atoms with van der Waals surface area (Å²) in [6.07, 6.45) is 2.64. The number of nitrogens with one attached hydrogen (secondary N) is 1. The van der Waals surface area contributed by atoms with E-state index in [9.17, 15) is 9.59 Å². The van der Waals surface area contributed by atoms with Crippen LogP contribution in [0.25, 0.3) is 0 Å². The predicted molar refractivity (Wildman–Crippen MR) is 59.4 cm³/mol. The Kier molecular flexibility index (Phi) is 3.53. The summed E-state index contributed by atoms with van der Waals surface area (Å²) >= 11 is 0. The van der Waals surface area contributed by atoms with Gasteiger partial charge in [-0.25, -0.2) is 0 Å². The van der Waals surface area contributed by atoms with E-state index >= 15 is 0 Å². The zero-order chi connectivity index (χ0) is 11.6. The van der Waals surface area contributed by atoms with E-state index in [2.05, 4.69) is 12.2 Å². The van der Waals surface area contributed by atoms with E-state index < -0.39 is 5.54 Å². The molecule has 1 aliphatic rings. The normalized spacial score (nSPS) is 27.6. The smallest absolute Gasteiger partial charge is 0.217 e. The van der Waals surface area contributed by atoms with Crippen LogP contribution in [0.4, 0.5) is 0 Å². The topological polar surface area (TPSA) is 46.2 Å². The lowest BCUT2D eigenvalue weighted by Gasteiger charge is -2.37. The Morgan fingerprint density at radius 1 is 1.40 bits per heavy atom. The first-order valence-electron chi connectivity index (χ1n) is 5.64. The molecule has 1 N–H and O–H groups in total. The van der Waals surface area contributed by atoms with Gasteiger partial charge in [0, 0.05) is 24.8 Å². The summed E-state index contributed by atoms with van der Waals surface area (Å²) in [7, 11) is 0. The van der Waals surface area contributed by atoms with Crippen LogP contribution in [0.1, 0.15) is 47.0 Å². The first kappa shape index (κ1) is 12.2. The predicted octanol–water partition coefficient (Wildman–Crippen LogP) is 1.91. The summed E-state index contributed by atoms with van der Waals surface area (Å²) in [5.41, 5.74) is -0.400. The molecular formula is C12H21NO2. The second-order valence-electron chi connectivity index (χ2n) is 5.31. The van der Waals surface area contributed by atoms with Gasteiger partial charge in [0.25, 0.3) is 0 Å². The highest BCUT2D eigenvalue weighted by atomic mass is 16.1. The van der Waals surface area contributed by atoms with Crippen molar-refractivity contribution in [3.8, 4) is 0 Å². The van der Waals surface area contributed by atoms with Gasteiger partial charge >= 0.3 is 0 Å². The number of amides is 1. The highest BCUT2D eigenvalue weighted by molar-refractivity contribution is 5.84. The Morgan fingerprint density at radius 3 is 2.47 bits per heavy atom. The SMILES string of the molecule is CC(=O)NC(C)(C)C1CCC(C)CC1=O. The lowest BCUT2D eigenvalue weighted by Crippen LogP contribution is -2.52. The van der Waals surface area contributed by atoms with Gasteiger partial charge in [-0.15, -0.1) is 0 Å². The molecule has 1 fully saturated rings. The highest BCUT2D eigenvalue weighted by Crippen LogP contribution is 2.32. The van der Waals surface area contributed by atoms with E-state index in [1.54, 1.807) is 0 Å². The minimum atomic E-state index is -0.400. The lowest BCUT2D eigenvalue weighted by atomic mass is 9.73. The fraction of sp³-hybridized carbons (Fsp3) is 0.833. The number of carbonyl (C=O) groups excluding carboxylic acids is 2. The Morgan fingerprint density at radius 2 is 2.00 bits per heavy atom. The number of hydrogen-bond donors (Lipinski definition) is 1. The van der Waals surface area contributed by atoms with Gasteiger partial charge in [0.1, 0.15) is 5.78 Å². The summed E-state index contributed by atoms with van der Waals surface area (Å²) in [5, 5.41) is 2.87. The molecule has 1 saturated carbocycles. The van der Waals surface area contributed by atoms with Crippen LogP contribution in [0.15, 0.2) is 0 Å². The number of Topliss-reactive ketones (excluding diaryl/α,β-unsaturated/α-hetero) is 1. The van der Waals surface area contributed by atoms with Crippen molar-refractivity contribution in [2.45, 2.75) is 52.5 Å². The Balaban J connectivity index is 2.70. The number of hydrogen-bond acceptors (Lipinski definition) is 2. The molecule has 1 rings (SSSR count). The minimum absolute atomic E-state index is 0.0161. The van der Waals surface area contributed by atoms with Crippen LogP contribution in [0.5, 0.6) is 0 Å². The van der Waals surface area contributed by atoms with Gasteiger partial charge in [0.05, 0.1) is 0 Å². The van der Waals surface area contributed by atoms with Crippen molar-refractivity contribution in [3.63, 3.8) is 0 Å². The first-order chi connectivity index (χ1) is 6.83. The van der Waals surface area contributed by atoms with E-state index in [0.29, 0.717) is 18.1 Å². The van der Waals surface area contributed by atoms with Crippen LogP contribution in [-0.4, -0.2) is 17.2 Å². The third kappa shape index (κ3) is 3.05. The van der Waals surface area contributed by atoms with Crippen molar-refractivity contribution >= 4 is 11.7 Å². The Labute approximate surface area is 91.6 Å². The van der Waals surface area contributed by atoms with Crippen LogP contribution < -0.4 is 5.32 Å².